The van der Waals surface area contributed by atoms with E-state index in [4.69, 9.17) is 33.7 Å². The van der Waals surface area contributed by atoms with Crippen LogP contribution in [0.2, 0.25) is 10.2 Å². The molecule has 0 aliphatic rings. The van der Waals surface area contributed by atoms with E-state index < -0.39 is 0 Å². The Balaban J connectivity index is 2.22. The maximum absolute atomic E-state index is 6.24. The van der Waals surface area contributed by atoms with Crippen molar-refractivity contribution >= 4 is 23.2 Å². The molecule has 1 aromatic carbocycles. The molecule has 21 heavy (non-hydrogen) atoms. The monoisotopic (exact) mass is 327 g/mol. The Bertz CT molecular complexity index is 638. The Hall–Kier alpha value is -1.23. The van der Waals surface area contributed by atoms with Crippen molar-refractivity contribution in [2.24, 2.45) is 12.8 Å². The first kappa shape index (κ1) is 16.1. The van der Waals surface area contributed by atoms with Crippen LogP contribution in [0.3, 0.4) is 0 Å². The molecule has 0 radical (unpaired) electrons. The molecular formula is C15H19Cl2N3O. The van der Waals surface area contributed by atoms with E-state index in [2.05, 4.69) is 5.10 Å². The number of halogens is 2. The number of aromatic nitrogens is 2. The molecule has 2 aromatic rings. The van der Waals surface area contributed by atoms with E-state index >= 15 is 0 Å². The summed E-state index contributed by atoms with van der Waals surface area (Å²) in [6.45, 7) is 4.20. The average Bonchev–Trinajstić information content (AvgIpc) is 2.64. The Morgan fingerprint density at radius 2 is 2.05 bits per heavy atom. The van der Waals surface area contributed by atoms with Crippen molar-refractivity contribution in [1.29, 1.82) is 0 Å². The molecule has 6 heteroatoms. The summed E-state index contributed by atoms with van der Waals surface area (Å²) in [6.07, 6.45) is 0.661. The Kier molecular flexibility index (Phi) is 5.14. The third-order valence-corrected chi connectivity index (χ3v) is 4.07. The van der Waals surface area contributed by atoms with Crippen LogP contribution in [0.1, 0.15) is 23.7 Å². The van der Waals surface area contributed by atoms with Gasteiger partial charge in [0.25, 0.3) is 0 Å². The number of hydrogen-bond acceptors (Lipinski definition) is 3. The lowest BCUT2D eigenvalue weighted by atomic mass is 10.1. The average molecular weight is 328 g/mol. The minimum atomic E-state index is 0.0102. The van der Waals surface area contributed by atoms with Gasteiger partial charge in [-0.1, -0.05) is 29.3 Å². The fourth-order valence-corrected chi connectivity index (χ4v) is 2.65. The summed E-state index contributed by atoms with van der Waals surface area (Å²) in [5.41, 5.74) is 8.54. The van der Waals surface area contributed by atoms with Crippen LogP contribution < -0.4 is 10.5 Å². The van der Waals surface area contributed by atoms with Gasteiger partial charge in [-0.3, -0.25) is 4.68 Å². The van der Waals surface area contributed by atoms with Crippen molar-refractivity contribution < 1.29 is 4.74 Å². The lowest BCUT2D eigenvalue weighted by Gasteiger charge is -2.14. The third-order valence-electron chi connectivity index (χ3n) is 3.24. The van der Waals surface area contributed by atoms with Crippen molar-refractivity contribution in [2.45, 2.75) is 32.9 Å². The van der Waals surface area contributed by atoms with Crippen LogP contribution in [-0.2, 0) is 20.1 Å². The van der Waals surface area contributed by atoms with Gasteiger partial charge in [-0.2, -0.15) is 5.10 Å². The number of benzene rings is 1. The summed E-state index contributed by atoms with van der Waals surface area (Å²) in [7, 11) is 1.81. The van der Waals surface area contributed by atoms with Crippen molar-refractivity contribution in [3.63, 3.8) is 0 Å². The van der Waals surface area contributed by atoms with E-state index in [-0.39, 0.29) is 6.04 Å². The summed E-state index contributed by atoms with van der Waals surface area (Å²) in [5.74, 6) is 0.735. The van der Waals surface area contributed by atoms with Crippen molar-refractivity contribution in [3.8, 4) is 5.75 Å². The molecule has 1 aromatic heterocycles. The highest BCUT2D eigenvalue weighted by molar-refractivity contribution is 6.31. The second kappa shape index (κ2) is 6.69. The topological polar surface area (TPSA) is 53.1 Å². The molecule has 1 heterocycles. The van der Waals surface area contributed by atoms with Crippen molar-refractivity contribution in [1.82, 2.24) is 9.78 Å². The lowest BCUT2D eigenvalue weighted by Crippen LogP contribution is -2.18. The summed E-state index contributed by atoms with van der Waals surface area (Å²) in [6, 6.07) is 5.61. The molecule has 0 saturated carbocycles. The summed E-state index contributed by atoms with van der Waals surface area (Å²) in [5, 5.41) is 5.52. The summed E-state index contributed by atoms with van der Waals surface area (Å²) >= 11 is 12.5. The van der Waals surface area contributed by atoms with Crippen LogP contribution in [0.5, 0.6) is 5.75 Å². The molecule has 4 nitrogen and oxygen atoms in total. The van der Waals surface area contributed by atoms with Gasteiger partial charge < -0.3 is 10.5 Å². The van der Waals surface area contributed by atoms with Crippen molar-refractivity contribution in [3.05, 3.63) is 45.2 Å². The number of hydrogen-bond donors (Lipinski definition) is 1. The standard InChI is InChI=1S/C15H19Cl2N3O/c1-9(18)7-11-13(16)5-4-6-14(11)21-8-12-10(2)19-20(3)15(12)17/h4-6,9H,7-8,18H2,1-3H3. The summed E-state index contributed by atoms with van der Waals surface area (Å²) < 4.78 is 7.54. The fourth-order valence-electron chi connectivity index (χ4n) is 2.18. The Morgan fingerprint density at radius 3 is 2.62 bits per heavy atom. The third kappa shape index (κ3) is 3.70. The first-order valence-electron chi connectivity index (χ1n) is 6.74. The van der Waals surface area contributed by atoms with Crippen LogP contribution >= 0.6 is 23.2 Å². The van der Waals surface area contributed by atoms with E-state index in [0.29, 0.717) is 23.2 Å². The minimum absolute atomic E-state index is 0.0102. The van der Waals surface area contributed by atoms with Crippen LogP contribution in [0, 0.1) is 6.92 Å². The van der Waals surface area contributed by atoms with E-state index in [9.17, 15) is 0 Å². The summed E-state index contributed by atoms with van der Waals surface area (Å²) in [4.78, 5) is 0. The second-order valence-electron chi connectivity index (χ2n) is 5.16. The molecule has 0 bridgehead atoms. The molecule has 2 rings (SSSR count). The normalized spacial score (nSPS) is 12.5. The molecular weight excluding hydrogens is 309 g/mol. The maximum atomic E-state index is 6.24. The predicted octanol–water partition coefficient (Wildman–Crippen LogP) is 3.50. The molecule has 0 aliphatic carbocycles. The zero-order valence-corrected chi connectivity index (χ0v) is 13.9. The van der Waals surface area contributed by atoms with Gasteiger partial charge >= 0.3 is 0 Å². The Labute approximate surface area is 134 Å². The van der Waals surface area contributed by atoms with Gasteiger partial charge in [0.1, 0.15) is 17.5 Å². The van der Waals surface area contributed by atoms with Crippen LogP contribution in [-0.4, -0.2) is 15.8 Å². The van der Waals surface area contributed by atoms with E-state index in [0.717, 1.165) is 22.6 Å². The molecule has 0 spiro atoms. The number of aryl methyl sites for hydroxylation is 2. The fraction of sp³-hybridized carbons (Fsp3) is 0.400. The highest BCUT2D eigenvalue weighted by Crippen LogP contribution is 2.29. The van der Waals surface area contributed by atoms with Gasteiger partial charge in [-0.15, -0.1) is 0 Å². The maximum Gasteiger partial charge on any atom is 0.133 e. The number of nitrogens with two attached hydrogens (primary N) is 1. The van der Waals surface area contributed by atoms with Crippen LogP contribution in [0.15, 0.2) is 18.2 Å². The molecule has 0 aliphatic heterocycles. The predicted molar refractivity (Wildman–Crippen MR) is 86.1 cm³/mol. The van der Waals surface area contributed by atoms with Gasteiger partial charge in [0.15, 0.2) is 0 Å². The smallest absolute Gasteiger partial charge is 0.133 e. The Morgan fingerprint density at radius 1 is 1.33 bits per heavy atom. The first-order chi connectivity index (χ1) is 9.90. The first-order valence-corrected chi connectivity index (χ1v) is 7.49. The van der Waals surface area contributed by atoms with Gasteiger partial charge in [0.05, 0.1) is 5.69 Å². The van der Waals surface area contributed by atoms with Crippen LogP contribution in [0.4, 0.5) is 0 Å². The van der Waals surface area contributed by atoms with Gasteiger partial charge in [0, 0.05) is 29.2 Å². The van der Waals surface area contributed by atoms with Crippen LogP contribution in [0.25, 0.3) is 0 Å². The van der Waals surface area contributed by atoms with Gasteiger partial charge in [-0.25, -0.2) is 0 Å². The highest BCUT2D eigenvalue weighted by Gasteiger charge is 2.14. The van der Waals surface area contributed by atoms with Gasteiger partial charge in [-0.05, 0) is 32.4 Å². The van der Waals surface area contributed by atoms with Gasteiger partial charge in [0.2, 0.25) is 0 Å². The molecule has 1 unspecified atom stereocenters. The molecule has 114 valence electrons. The quantitative estimate of drug-likeness (QED) is 0.914. The second-order valence-corrected chi connectivity index (χ2v) is 5.93. The molecule has 2 N–H and O–H groups in total. The molecule has 0 fully saturated rings. The number of rotatable bonds is 5. The van der Waals surface area contributed by atoms with E-state index in [1.807, 2.05) is 32.0 Å². The van der Waals surface area contributed by atoms with Crippen molar-refractivity contribution in [2.75, 3.05) is 0 Å². The highest BCUT2D eigenvalue weighted by atomic mass is 35.5. The molecule has 0 amide bonds. The van der Waals surface area contributed by atoms with E-state index in [1.165, 1.54) is 0 Å². The van der Waals surface area contributed by atoms with E-state index in [1.54, 1.807) is 11.7 Å². The lowest BCUT2D eigenvalue weighted by molar-refractivity contribution is 0.301. The molecule has 1 atom stereocenters. The largest absolute Gasteiger partial charge is 0.488 e. The number of nitrogens with zero attached hydrogens (tertiary/aromatic N) is 2. The zero-order chi connectivity index (χ0) is 15.6. The number of ether oxygens (including phenoxy) is 1. The minimum Gasteiger partial charge on any atom is -0.488 e. The molecule has 0 saturated heterocycles. The SMILES string of the molecule is Cc1nn(C)c(Cl)c1COc1cccc(Cl)c1CC(C)N. The zero-order valence-electron chi connectivity index (χ0n) is 12.4.